The Balaban J connectivity index is 1.78. The Morgan fingerprint density at radius 2 is 2.15 bits per heavy atom. The fraction of sp³-hybridized carbons (Fsp3) is 0.167. The summed E-state index contributed by atoms with van der Waals surface area (Å²) in [6.07, 6.45) is 0. The molecule has 3 rings (SSSR count). The number of nitriles is 1. The van der Waals surface area contributed by atoms with E-state index in [-0.39, 0.29) is 5.56 Å². The van der Waals surface area contributed by atoms with Crippen LogP contribution in [0.25, 0.3) is 10.9 Å². The zero-order valence-electron chi connectivity index (χ0n) is 13.7. The SMILES string of the molecule is Cc1csc([C@H](C#N)C(=O)COC(=O)c2cc(=O)[nH]c3ccccc23)n1. The number of para-hydroxylation sites is 1. The molecule has 130 valence electrons. The van der Waals surface area contributed by atoms with Gasteiger partial charge < -0.3 is 9.72 Å². The Kier molecular flexibility index (Phi) is 4.91. The number of aromatic amines is 1. The topological polar surface area (TPSA) is 113 Å². The number of aryl methyl sites for hydroxylation is 1. The molecule has 8 heteroatoms. The Morgan fingerprint density at radius 1 is 1.38 bits per heavy atom. The number of ether oxygens (including phenoxy) is 1. The molecule has 0 bridgehead atoms. The van der Waals surface area contributed by atoms with Crippen LogP contribution < -0.4 is 5.56 Å². The van der Waals surface area contributed by atoms with Crippen molar-refractivity contribution in [3.63, 3.8) is 0 Å². The van der Waals surface area contributed by atoms with Crippen molar-refractivity contribution in [2.24, 2.45) is 0 Å². The van der Waals surface area contributed by atoms with Gasteiger partial charge in [-0.15, -0.1) is 11.3 Å². The molecule has 1 N–H and O–H groups in total. The van der Waals surface area contributed by atoms with Gasteiger partial charge in [-0.3, -0.25) is 9.59 Å². The van der Waals surface area contributed by atoms with Gasteiger partial charge in [0.2, 0.25) is 5.56 Å². The first-order valence-corrected chi connectivity index (χ1v) is 8.51. The predicted molar refractivity (Wildman–Crippen MR) is 95.1 cm³/mol. The predicted octanol–water partition coefficient (Wildman–Crippen LogP) is 2.33. The maximum atomic E-state index is 12.3. The van der Waals surface area contributed by atoms with Crippen molar-refractivity contribution in [1.29, 1.82) is 5.26 Å². The summed E-state index contributed by atoms with van der Waals surface area (Å²) in [7, 11) is 0. The fourth-order valence-corrected chi connectivity index (χ4v) is 3.30. The number of H-pyrrole nitrogens is 1. The average Bonchev–Trinajstić information content (AvgIpc) is 3.05. The van der Waals surface area contributed by atoms with Crippen molar-refractivity contribution >= 4 is 34.0 Å². The standard InChI is InChI=1S/C18H13N3O4S/c1-10-9-26-17(20-10)13(7-19)15(22)8-25-18(24)12-6-16(23)21-14-5-3-2-4-11(12)14/h2-6,9,13H,8H2,1H3,(H,21,23)/t13-/m1/s1. The lowest BCUT2D eigenvalue weighted by molar-refractivity contribution is -0.122. The molecule has 3 aromatic rings. The number of nitrogens with zero attached hydrogens (tertiary/aromatic N) is 2. The van der Waals surface area contributed by atoms with Crippen LogP contribution in [0.5, 0.6) is 0 Å². The van der Waals surface area contributed by atoms with Crippen LogP contribution in [-0.2, 0) is 9.53 Å². The largest absolute Gasteiger partial charge is 0.454 e. The highest BCUT2D eigenvalue weighted by molar-refractivity contribution is 7.09. The number of benzene rings is 1. The second-order valence-corrected chi connectivity index (χ2v) is 6.41. The molecule has 0 aliphatic carbocycles. The van der Waals surface area contributed by atoms with Crippen LogP contribution >= 0.6 is 11.3 Å². The van der Waals surface area contributed by atoms with Gasteiger partial charge in [-0.25, -0.2) is 9.78 Å². The number of ketones is 1. The first-order chi connectivity index (χ1) is 12.5. The number of carbonyl (C=O) groups is 2. The molecule has 0 fully saturated rings. The van der Waals surface area contributed by atoms with E-state index in [1.54, 1.807) is 36.6 Å². The normalized spacial score (nSPS) is 11.7. The summed E-state index contributed by atoms with van der Waals surface area (Å²) in [5.74, 6) is -2.45. The van der Waals surface area contributed by atoms with E-state index in [2.05, 4.69) is 9.97 Å². The fourth-order valence-electron chi connectivity index (χ4n) is 2.44. The summed E-state index contributed by atoms with van der Waals surface area (Å²) in [4.78, 5) is 43.1. The Morgan fingerprint density at radius 3 is 2.85 bits per heavy atom. The number of aromatic nitrogens is 2. The first kappa shape index (κ1) is 17.5. The first-order valence-electron chi connectivity index (χ1n) is 7.63. The van der Waals surface area contributed by atoms with Gasteiger partial charge in [0.05, 0.1) is 11.6 Å². The van der Waals surface area contributed by atoms with Crippen molar-refractivity contribution < 1.29 is 14.3 Å². The van der Waals surface area contributed by atoms with Crippen LogP contribution in [0.4, 0.5) is 0 Å². The van der Waals surface area contributed by atoms with Gasteiger partial charge in [-0.1, -0.05) is 18.2 Å². The third kappa shape index (κ3) is 3.53. The molecule has 1 aromatic carbocycles. The van der Waals surface area contributed by atoms with Gasteiger partial charge in [0, 0.05) is 28.0 Å². The summed E-state index contributed by atoms with van der Waals surface area (Å²) in [6.45, 7) is 1.19. The molecule has 0 unspecified atom stereocenters. The Bertz CT molecular complexity index is 1090. The molecule has 2 heterocycles. The van der Waals surface area contributed by atoms with E-state index in [1.807, 2.05) is 6.07 Å². The van der Waals surface area contributed by atoms with Crippen LogP contribution in [0.3, 0.4) is 0 Å². The number of carbonyl (C=O) groups excluding carboxylic acids is 2. The highest BCUT2D eigenvalue weighted by Gasteiger charge is 2.25. The van der Waals surface area contributed by atoms with Crippen LogP contribution in [0.2, 0.25) is 0 Å². The minimum atomic E-state index is -1.09. The number of hydrogen-bond acceptors (Lipinski definition) is 7. The van der Waals surface area contributed by atoms with Gasteiger partial charge >= 0.3 is 5.97 Å². The summed E-state index contributed by atoms with van der Waals surface area (Å²) in [5, 5.41) is 11.8. The number of thiazole rings is 1. The molecular weight excluding hydrogens is 354 g/mol. The molecule has 0 aliphatic rings. The monoisotopic (exact) mass is 367 g/mol. The van der Waals surface area contributed by atoms with Gasteiger partial charge in [0.1, 0.15) is 5.01 Å². The van der Waals surface area contributed by atoms with Gasteiger partial charge in [-0.05, 0) is 13.0 Å². The van der Waals surface area contributed by atoms with Crippen molar-refractivity contribution in [3.05, 3.63) is 62.3 Å². The minimum Gasteiger partial charge on any atom is -0.454 e. The zero-order valence-corrected chi connectivity index (χ0v) is 14.5. The molecule has 0 amide bonds. The zero-order chi connectivity index (χ0) is 18.7. The van der Waals surface area contributed by atoms with Gasteiger partial charge in [-0.2, -0.15) is 5.26 Å². The number of hydrogen-bond donors (Lipinski definition) is 1. The number of Topliss-reactive ketones (excluding diaryl/α,β-unsaturated/α-hetero) is 1. The van der Waals surface area contributed by atoms with Crippen molar-refractivity contribution in [3.8, 4) is 6.07 Å². The molecule has 26 heavy (non-hydrogen) atoms. The highest BCUT2D eigenvalue weighted by Crippen LogP contribution is 2.21. The second-order valence-electron chi connectivity index (χ2n) is 5.52. The highest BCUT2D eigenvalue weighted by atomic mass is 32.1. The second kappa shape index (κ2) is 7.29. The minimum absolute atomic E-state index is 0.0655. The maximum absolute atomic E-state index is 12.3. The van der Waals surface area contributed by atoms with Gasteiger partial charge in [0.25, 0.3) is 0 Å². The lowest BCUT2D eigenvalue weighted by Gasteiger charge is -2.08. The number of nitrogens with one attached hydrogen (secondary N) is 1. The summed E-state index contributed by atoms with van der Waals surface area (Å²) < 4.78 is 5.05. The number of pyridine rings is 1. The van der Waals surface area contributed by atoms with Crippen LogP contribution in [0.1, 0.15) is 27.0 Å². The number of esters is 1. The summed E-state index contributed by atoms with van der Waals surface area (Å²) in [5.41, 5.74) is 0.822. The lowest BCUT2D eigenvalue weighted by Crippen LogP contribution is -2.21. The van der Waals surface area contributed by atoms with E-state index in [9.17, 15) is 19.6 Å². The molecule has 1 atom stereocenters. The van der Waals surface area contributed by atoms with E-state index >= 15 is 0 Å². The smallest absolute Gasteiger partial charge is 0.339 e. The lowest BCUT2D eigenvalue weighted by atomic mass is 10.1. The summed E-state index contributed by atoms with van der Waals surface area (Å²) in [6, 6.07) is 9.79. The van der Waals surface area contributed by atoms with Crippen molar-refractivity contribution in [2.75, 3.05) is 6.61 Å². The molecule has 0 saturated carbocycles. The van der Waals surface area contributed by atoms with E-state index in [1.165, 1.54) is 11.3 Å². The third-order valence-corrected chi connectivity index (χ3v) is 4.68. The van der Waals surface area contributed by atoms with E-state index in [4.69, 9.17) is 4.74 Å². The van der Waals surface area contributed by atoms with E-state index < -0.39 is 29.8 Å². The quantitative estimate of drug-likeness (QED) is 0.693. The number of fused-ring (bicyclic) bond motifs is 1. The van der Waals surface area contributed by atoms with E-state index in [0.717, 1.165) is 6.07 Å². The molecule has 0 aliphatic heterocycles. The average molecular weight is 367 g/mol. The Labute approximate surface area is 151 Å². The molecule has 2 aromatic heterocycles. The molecule has 0 spiro atoms. The van der Waals surface area contributed by atoms with Gasteiger partial charge in [0.15, 0.2) is 18.3 Å². The van der Waals surface area contributed by atoms with Crippen molar-refractivity contribution in [1.82, 2.24) is 9.97 Å². The third-order valence-electron chi connectivity index (χ3n) is 3.65. The van der Waals surface area contributed by atoms with Crippen LogP contribution in [0, 0.1) is 18.3 Å². The Hall–Kier alpha value is -3.31. The summed E-state index contributed by atoms with van der Waals surface area (Å²) >= 11 is 1.20. The van der Waals surface area contributed by atoms with Crippen LogP contribution in [0.15, 0.2) is 40.5 Å². The molecule has 0 saturated heterocycles. The van der Waals surface area contributed by atoms with E-state index in [0.29, 0.717) is 21.6 Å². The van der Waals surface area contributed by atoms with Crippen molar-refractivity contribution in [2.45, 2.75) is 12.8 Å². The molecule has 0 radical (unpaired) electrons. The number of rotatable bonds is 5. The maximum Gasteiger partial charge on any atom is 0.339 e. The molecular formula is C18H13N3O4S. The molecule has 7 nitrogen and oxygen atoms in total. The van der Waals surface area contributed by atoms with Crippen LogP contribution in [-0.4, -0.2) is 28.3 Å².